The number of ether oxygens (including phenoxy) is 1. The maximum atomic E-state index is 9.91. The van der Waals surface area contributed by atoms with Gasteiger partial charge in [-0.05, 0) is 29.0 Å². The van der Waals surface area contributed by atoms with E-state index in [-0.39, 0.29) is 17.8 Å². The molecule has 0 aromatic heterocycles. The molecule has 0 saturated carbocycles. The summed E-state index contributed by atoms with van der Waals surface area (Å²) in [5.74, 6) is 0.922. The predicted molar refractivity (Wildman–Crippen MR) is 73.2 cm³/mol. The normalized spacial score (nSPS) is 13.7. The summed E-state index contributed by atoms with van der Waals surface area (Å²) in [6, 6.07) is 5.34. The molecule has 0 aliphatic heterocycles. The smallest absolute Gasteiger partial charge is 0.161 e. The molecule has 0 saturated heterocycles. The van der Waals surface area contributed by atoms with Crippen molar-refractivity contribution in [1.29, 1.82) is 0 Å². The number of hydrogen-bond donors (Lipinski definition) is 2. The fourth-order valence-corrected chi connectivity index (χ4v) is 1.42. The SMILES string of the molecule is CC(C)c1ccc(O)c(OC[C@@H](O)C(C)(C)C)c1. The van der Waals surface area contributed by atoms with Crippen LogP contribution in [0.5, 0.6) is 11.5 Å². The molecule has 0 radical (unpaired) electrons. The molecule has 3 heteroatoms. The lowest BCUT2D eigenvalue weighted by molar-refractivity contribution is 0.0211. The van der Waals surface area contributed by atoms with Crippen LogP contribution in [0.4, 0.5) is 0 Å². The van der Waals surface area contributed by atoms with Gasteiger partial charge in [0.15, 0.2) is 11.5 Å². The van der Waals surface area contributed by atoms with Crippen LogP contribution in [0.25, 0.3) is 0 Å². The van der Waals surface area contributed by atoms with Crippen molar-refractivity contribution in [3.05, 3.63) is 23.8 Å². The second-order valence-corrected chi connectivity index (χ2v) is 6.07. The topological polar surface area (TPSA) is 49.7 Å². The molecule has 0 heterocycles. The standard InChI is InChI=1S/C15H24O3/c1-10(2)11-6-7-12(16)13(8-11)18-9-14(17)15(3,4)5/h6-8,10,14,16-17H,9H2,1-5H3/t14-/m1/s1. The van der Waals surface area contributed by atoms with Gasteiger partial charge in [-0.15, -0.1) is 0 Å². The monoisotopic (exact) mass is 252 g/mol. The Hall–Kier alpha value is -1.22. The molecular weight excluding hydrogens is 228 g/mol. The van der Waals surface area contributed by atoms with E-state index in [9.17, 15) is 10.2 Å². The Morgan fingerprint density at radius 1 is 1.22 bits per heavy atom. The quantitative estimate of drug-likeness (QED) is 0.864. The molecule has 0 amide bonds. The van der Waals surface area contributed by atoms with Crippen LogP contribution in [-0.2, 0) is 0 Å². The molecule has 2 N–H and O–H groups in total. The number of aliphatic hydroxyl groups is 1. The molecule has 102 valence electrons. The zero-order chi connectivity index (χ0) is 13.9. The van der Waals surface area contributed by atoms with Crippen LogP contribution in [0.1, 0.15) is 46.1 Å². The van der Waals surface area contributed by atoms with Crippen LogP contribution in [0.2, 0.25) is 0 Å². The lowest BCUT2D eigenvalue weighted by atomic mass is 9.90. The molecule has 0 unspecified atom stereocenters. The third-order valence-corrected chi connectivity index (χ3v) is 3.05. The van der Waals surface area contributed by atoms with E-state index in [4.69, 9.17) is 4.74 Å². The van der Waals surface area contributed by atoms with Crippen molar-refractivity contribution < 1.29 is 14.9 Å². The highest BCUT2D eigenvalue weighted by atomic mass is 16.5. The minimum atomic E-state index is -0.570. The van der Waals surface area contributed by atoms with Crippen molar-refractivity contribution in [2.45, 2.75) is 46.6 Å². The maximum Gasteiger partial charge on any atom is 0.161 e. The Morgan fingerprint density at radius 3 is 2.33 bits per heavy atom. The van der Waals surface area contributed by atoms with Gasteiger partial charge in [0.25, 0.3) is 0 Å². The number of benzene rings is 1. The zero-order valence-electron chi connectivity index (χ0n) is 11.9. The van der Waals surface area contributed by atoms with E-state index >= 15 is 0 Å². The molecular formula is C15H24O3. The predicted octanol–water partition coefficient (Wildman–Crippen LogP) is 3.30. The van der Waals surface area contributed by atoms with Gasteiger partial charge < -0.3 is 14.9 Å². The number of phenolic OH excluding ortho intramolecular Hbond substituents is 1. The molecule has 1 aromatic rings. The van der Waals surface area contributed by atoms with Crippen LogP contribution >= 0.6 is 0 Å². The van der Waals surface area contributed by atoms with Crippen molar-refractivity contribution in [3.63, 3.8) is 0 Å². The molecule has 1 aromatic carbocycles. The molecule has 18 heavy (non-hydrogen) atoms. The van der Waals surface area contributed by atoms with Gasteiger partial charge in [0.05, 0.1) is 6.10 Å². The lowest BCUT2D eigenvalue weighted by Crippen LogP contribution is -2.31. The molecule has 0 spiro atoms. The van der Waals surface area contributed by atoms with Gasteiger partial charge in [-0.1, -0.05) is 40.7 Å². The van der Waals surface area contributed by atoms with E-state index in [1.165, 1.54) is 0 Å². The number of rotatable bonds is 4. The van der Waals surface area contributed by atoms with Gasteiger partial charge in [-0.3, -0.25) is 0 Å². The highest BCUT2D eigenvalue weighted by Gasteiger charge is 2.23. The summed E-state index contributed by atoms with van der Waals surface area (Å²) in [4.78, 5) is 0. The summed E-state index contributed by atoms with van der Waals surface area (Å²) in [5, 5.41) is 19.6. The molecule has 0 fully saturated rings. The summed E-state index contributed by atoms with van der Waals surface area (Å²) in [7, 11) is 0. The second-order valence-electron chi connectivity index (χ2n) is 6.07. The number of phenols is 1. The highest BCUT2D eigenvalue weighted by molar-refractivity contribution is 5.42. The van der Waals surface area contributed by atoms with Crippen LogP contribution < -0.4 is 4.74 Å². The van der Waals surface area contributed by atoms with Gasteiger partial charge in [0, 0.05) is 0 Å². The van der Waals surface area contributed by atoms with Crippen molar-refractivity contribution in [2.75, 3.05) is 6.61 Å². The molecule has 3 nitrogen and oxygen atoms in total. The minimum absolute atomic E-state index is 0.112. The van der Waals surface area contributed by atoms with Gasteiger partial charge in [0.1, 0.15) is 6.61 Å². The first-order valence-corrected chi connectivity index (χ1v) is 6.35. The number of aromatic hydroxyl groups is 1. The minimum Gasteiger partial charge on any atom is -0.504 e. The number of hydrogen-bond acceptors (Lipinski definition) is 3. The van der Waals surface area contributed by atoms with Crippen LogP contribution in [0.15, 0.2) is 18.2 Å². The lowest BCUT2D eigenvalue weighted by Gasteiger charge is -2.26. The second kappa shape index (κ2) is 5.61. The fourth-order valence-electron chi connectivity index (χ4n) is 1.42. The Labute approximate surface area is 109 Å². The molecule has 0 aliphatic carbocycles. The first-order valence-electron chi connectivity index (χ1n) is 6.35. The third-order valence-electron chi connectivity index (χ3n) is 3.05. The summed E-state index contributed by atoms with van der Waals surface area (Å²) in [5.41, 5.74) is 0.874. The average molecular weight is 252 g/mol. The Morgan fingerprint density at radius 2 is 1.83 bits per heavy atom. The van der Waals surface area contributed by atoms with Crippen molar-refractivity contribution in [3.8, 4) is 11.5 Å². The van der Waals surface area contributed by atoms with E-state index < -0.39 is 6.10 Å². The first-order chi connectivity index (χ1) is 8.21. The Kier molecular flexibility index (Phi) is 4.63. The maximum absolute atomic E-state index is 9.91. The third kappa shape index (κ3) is 3.91. The molecule has 1 atom stereocenters. The zero-order valence-corrected chi connectivity index (χ0v) is 11.9. The van der Waals surface area contributed by atoms with Crippen molar-refractivity contribution >= 4 is 0 Å². The summed E-state index contributed by atoms with van der Waals surface area (Å²) in [6.07, 6.45) is -0.570. The fraction of sp³-hybridized carbons (Fsp3) is 0.600. The van der Waals surface area contributed by atoms with E-state index in [0.717, 1.165) is 5.56 Å². The Balaban J connectivity index is 2.75. The van der Waals surface area contributed by atoms with Gasteiger partial charge in [0.2, 0.25) is 0 Å². The van der Waals surface area contributed by atoms with E-state index in [2.05, 4.69) is 13.8 Å². The first kappa shape index (κ1) is 14.8. The summed E-state index contributed by atoms with van der Waals surface area (Å²) >= 11 is 0. The van der Waals surface area contributed by atoms with Crippen molar-refractivity contribution in [1.82, 2.24) is 0 Å². The van der Waals surface area contributed by atoms with Gasteiger partial charge >= 0.3 is 0 Å². The van der Waals surface area contributed by atoms with Crippen LogP contribution in [0, 0.1) is 5.41 Å². The van der Waals surface area contributed by atoms with Gasteiger partial charge in [-0.25, -0.2) is 0 Å². The average Bonchev–Trinajstić information content (AvgIpc) is 2.25. The highest BCUT2D eigenvalue weighted by Crippen LogP contribution is 2.30. The molecule has 1 rings (SSSR count). The van der Waals surface area contributed by atoms with E-state index in [0.29, 0.717) is 11.7 Å². The summed E-state index contributed by atoms with van der Waals surface area (Å²) < 4.78 is 5.52. The van der Waals surface area contributed by atoms with Crippen LogP contribution in [0.3, 0.4) is 0 Å². The number of aliphatic hydroxyl groups excluding tert-OH is 1. The Bertz CT molecular complexity index is 391. The summed E-state index contributed by atoms with van der Waals surface area (Å²) in [6.45, 7) is 10.2. The van der Waals surface area contributed by atoms with Gasteiger partial charge in [-0.2, -0.15) is 0 Å². The van der Waals surface area contributed by atoms with Crippen molar-refractivity contribution in [2.24, 2.45) is 5.41 Å². The van der Waals surface area contributed by atoms with Crippen LogP contribution in [-0.4, -0.2) is 22.9 Å². The largest absolute Gasteiger partial charge is 0.504 e. The van der Waals surface area contributed by atoms with E-state index in [1.54, 1.807) is 6.07 Å². The molecule has 0 aliphatic rings. The molecule has 0 bridgehead atoms. The van der Waals surface area contributed by atoms with E-state index in [1.807, 2.05) is 32.9 Å².